The van der Waals surface area contributed by atoms with Crippen molar-refractivity contribution in [3.05, 3.63) is 60.0 Å². The van der Waals surface area contributed by atoms with Gasteiger partial charge in [-0.25, -0.2) is 9.97 Å². The summed E-state index contributed by atoms with van der Waals surface area (Å²) in [5.41, 5.74) is 2.94. The van der Waals surface area contributed by atoms with Gasteiger partial charge in [0, 0.05) is 26.2 Å². The SMILES string of the molecule is CC(=O)c1nc2cccnc2n1C1CCCN(Cc2ccccc2)C1. The number of Topliss-reactive ketones (excluding diaryl/α,β-unsaturated/α-hetero) is 1. The standard InChI is InChI=1S/C20H22N4O/c1-15(25)19-22-18-10-5-11-21-20(18)24(19)17-9-6-12-23(14-17)13-16-7-3-2-4-8-16/h2-5,7-8,10-11,17H,6,9,12-14H2,1H3. The lowest BCUT2D eigenvalue weighted by Crippen LogP contribution is -2.37. The molecule has 0 amide bonds. The van der Waals surface area contributed by atoms with Crippen LogP contribution in [0.15, 0.2) is 48.7 Å². The molecule has 1 unspecified atom stereocenters. The summed E-state index contributed by atoms with van der Waals surface area (Å²) >= 11 is 0. The molecule has 1 saturated heterocycles. The largest absolute Gasteiger partial charge is 0.302 e. The Kier molecular flexibility index (Phi) is 4.32. The molecule has 25 heavy (non-hydrogen) atoms. The second kappa shape index (κ2) is 6.76. The van der Waals surface area contributed by atoms with Crippen molar-refractivity contribution in [3.8, 4) is 0 Å². The Morgan fingerprint density at radius 2 is 2.04 bits per heavy atom. The minimum Gasteiger partial charge on any atom is -0.302 e. The second-order valence-electron chi connectivity index (χ2n) is 6.72. The highest BCUT2D eigenvalue weighted by molar-refractivity contribution is 5.94. The molecular formula is C20H22N4O. The van der Waals surface area contributed by atoms with Gasteiger partial charge < -0.3 is 4.57 Å². The third kappa shape index (κ3) is 3.20. The van der Waals surface area contributed by atoms with E-state index < -0.39 is 0 Å². The molecule has 0 radical (unpaired) electrons. The van der Waals surface area contributed by atoms with Gasteiger partial charge >= 0.3 is 0 Å². The fourth-order valence-corrected chi connectivity index (χ4v) is 3.75. The van der Waals surface area contributed by atoms with Crippen molar-refractivity contribution >= 4 is 16.9 Å². The van der Waals surface area contributed by atoms with Gasteiger partial charge in [0.1, 0.15) is 5.52 Å². The van der Waals surface area contributed by atoms with Gasteiger partial charge in [-0.1, -0.05) is 30.3 Å². The topological polar surface area (TPSA) is 51.0 Å². The maximum atomic E-state index is 12.1. The van der Waals surface area contributed by atoms with E-state index in [4.69, 9.17) is 0 Å². The molecule has 1 atom stereocenters. The monoisotopic (exact) mass is 334 g/mol. The number of nitrogens with zero attached hydrogens (tertiary/aromatic N) is 4. The number of piperidine rings is 1. The number of pyridine rings is 1. The molecule has 1 aliphatic rings. The van der Waals surface area contributed by atoms with E-state index in [1.54, 1.807) is 13.1 Å². The Bertz CT molecular complexity index is 887. The average Bonchev–Trinajstić information content (AvgIpc) is 3.03. The van der Waals surface area contributed by atoms with Crippen molar-refractivity contribution in [2.75, 3.05) is 13.1 Å². The maximum absolute atomic E-state index is 12.1. The summed E-state index contributed by atoms with van der Waals surface area (Å²) in [4.78, 5) is 23.6. The number of hydrogen-bond donors (Lipinski definition) is 0. The van der Waals surface area contributed by atoms with E-state index in [-0.39, 0.29) is 11.8 Å². The summed E-state index contributed by atoms with van der Waals surface area (Å²) in [6, 6.07) is 14.6. The molecule has 0 N–H and O–H groups in total. The van der Waals surface area contributed by atoms with E-state index in [1.807, 2.05) is 18.2 Å². The van der Waals surface area contributed by atoms with E-state index in [1.165, 1.54) is 5.56 Å². The van der Waals surface area contributed by atoms with Crippen LogP contribution in [0.1, 0.15) is 42.0 Å². The first-order valence-electron chi connectivity index (χ1n) is 8.82. The maximum Gasteiger partial charge on any atom is 0.195 e. The molecule has 0 saturated carbocycles. The van der Waals surface area contributed by atoms with Gasteiger partial charge in [0.15, 0.2) is 17.3 Å². The smallest absolute Gasteiger partial charge is 0.195 e. The summed E-state index contributed by atoms with van der Waals surface area (Å²) in [6.07, 6.45) is 3.93. The number of rotatable bonds is 4. The zero-order chi connectivity index (χ0) is 17.2. The number of hydrogen-bond acceptors (Lipinski definition) is 4. The Labute approximate surface area is 147 Å². The van der Waals surface area contributed by atoms with Gasteiger partial charge in [-0.05, 0) is 37.1 Å². The number of carbonyl (C=O) groups excluding carboxylic acids is 1. The third-order valence-electron chi connectivity index (χ3n) is 4.86. The van der Waals surface area contributed by atoms with Crippen molar-refractivity contribution in [2.24, 2.45) is 0 Å². The Hall–Kier alpha value is -2.53. The molecule has 2 aromatic heterocycles. The number of benzene rings is 1. The van der Waals surface area contributed by atoms with Gasteiger partial charge in [0.2, 0.25) is 0 Å². The fraction of sp³-hybridized carbons (Fsp3) is 0.350. The molecule has 3 aromatic rings. The molecular weight excluding hydrogens is 312 g/mol. The fourth-order valence-electron chi connectivity index (χ4n) is 3.75. The van der Waals surface area contributed by atoms with Crippen molar-refractivity contribution < 1.29 is 4.79 Å². The van der Waals surface area contributed by atoms with Crippen LogP contribution in [0.3, 0.4) is 0 Å². The highest BCUT2D eigenvalue weighted by Crippen LogP contribution is 2.28. The molecule has 0 bridgehead atoms. The number of fused-ring (bicyclic) bond motifs is 1. The van der Waals surface area contributed by atoms with Crippen LogP contribution in [-0.4, -0.2) is 38.3 Å². The van der Waals surface area contributed by atoms with Crippen LogP contribution < -0.4 is 0 Å². The first-order valence-corrected chi connectivity index (χ1v) is 8.82. The van der Waals surface area contributed by atoms with Crippen LogP contribution in [0.2, 0.25) is 0 Å². The van der Waals surface area contributed by atoms with Gasteiger partial charge in [-0.3, -0.25) is 9.69 Å². The predicted octanol–water partition coefficient (Wildman–Crippen LogP) is 3.47. The van der Waals surface area contributed by atoms with E-state index in [0.717, 1.165) is 43.6 Å². The quantitative estimate of drug-likeness (QED) is 0.686. The number of imidazole rings is 1. The van der Waals surface area contributed by atoms with Gasteiger partial charge in [-0.2, -0.15) is 0 Å². The Morgan fingerprint density at radius 1 is 1.20 bits per heavy atom. The number of likely N-dealkylation sites (tertiary alicyclic amines) is 1. The molecule has 0 spiro atoms. The van der Waals surface area contributed by atoms with Crippen LogP contribution >= 0.6 is 0 Å². The molecule has 128 valence electrons. The molecule has 1 fully saturated rings. The molecule has 0 aliphatic carbocycles. The summed E-state index contributed by atoms with van der Waals surface area (Å²) in [5, 5.41) is 0. The molecule has 3 heterocycles. The van der Waals surface area contributed by atoms with Crippen molar-refractivity contribution in [1.82, 2.24) is 19.4 Å². The Balaban J connectivity index is 1.64. The molecule has 5 nitrogen and oxygen atoms in total. The lowest BCUT2D eigenvalue weighted by atomic mass is 10.0. The second-order valence-corrected chi connectivity index (χ2v) is 6.72. The number of carbonyl (C=O) groups is 1. The highest BCUT2D eigenvalue weighted by Gasteiger charge is 2.27. The minimum atomic E-state index is -0.00168. The van der Waals surface area contributed by atoms with Crippen molar-refractivity contribution in [2.45, 2.75) is 32.4 Å². The number of aromatic nitrogens is 3. The van der Waals surface area contributed by atoms with Crippen molar-refractivity contribution in [1.29, 1.82) is 0 Å². The predicted molar refractivity (Wildman–Crippen MR) is 97.5 cm³/mol. The normalized spacial score (nSPS) is 18.5. The zero-order valence-corrected chi connectivity index (χ0v) is 14.4. The summed E-state index contributed by atoms with van der Waals surface area (Å²) in [7, 11) is 0. The molecule has 4 rings (SSSR count). The first kappa shape index (κ1) is 16.0. The average molecular weight is 334 g/mol. The van der Waals surface area contributed by atoms with Gasteiger partial charge in [0.25, 0.3) is 0 Å². The zero-order valence-electron chi connectivity index (χ0n) is 14.4. The van der Waals surface area contributed by atoms with Crippen LogP contribution in [-0.2, 0) is 6.54 Å². The molecule has 1 aromatic carbocycles. The van der Waals surface area contributed by atoms with Crippen LogP contribution in [0.4, 0.5) is 0 Å². The van der Waals surface area contributed by atoms with E-state index in [0.29, 0.717) is 5.82 Å². The van der Waals surface area contributed by atoms with Crippen molar-refractivity contribution in [3.63, 3.8) is 0 Å². The molecule has 5 heteroatoms. The van der Waals surface area contributed by atoms with Crippen LogP contribution in [0.25, 0.3) is 11.2 Å². The first-order chi connectivity index (χ1) is 12.2. The number of ketones is 1. The van der Waals surface area contributed by atoms with Gasteiger partial charge in [0.05, 0.1) is 6.04 Å². The van der Waals surface area contributed by atoms with E-state index >= 15 is 0 Å². The summed E-state index contributed by atoms with van der Waals surface area (Å²) < 4.78 is 2.06. The molecule has 1 aliphatic heterocycles. The van der Waals surface area contributed by atoms with Crippen LogP contribution in [0.5, 0.6) is 0 Å². The lowest BCUT2D eigenvalue weighted by Gasteiger charge is -2.34. The third-order valence-corrected chi connectivity index (χ3v) is 4.86. The minimum absolute atomic E-state index is 0.00168. The van der Waals surface area contributed by atoms with Gasteiger partial charge in [-0.15, -0.1) is 0 Å². The van der Waals surface area contributed by atoms with Crippen LogP contribution in [0, 0.1) is 0 Å². The van der Waals surface area contributed by atoms with E-state index in [9.17, 15) is 4.79 Å². The highest BCUT2D eigenvalue weighted by atomic mass is 16.1. The Morgan fingerprint density at radius 3 is 2.84 bits per heavy atom. The summed E-state index contributed by atoms with van der Waals surface area (Å²) in [6.45, 7) is 4.52. The summed E-state index contributed by atoms with van der Waals surface area (Å²) in [5.74, 6) is 0.526. The van der Waals surface area contributed by atoms with E-state index in [2.05, 4.69) is 43.7 Å². The lowest BCUT2D eigenvalue weighted by molar-refractivity contribution is 0.0990.